The van der Waals surface area contributed by atoms with Crippen LogP contribution < -0.4 is 21.2 Å². The Morgan fingerprint density at radius 2 is 0.914 bits per heavy atom. The topological polar surface area (TPSA) is 9.23 Å². The van der Waals surface area contributed by atoms with Gasteiger partial charge in [0.15, 0.2) is 0 Å². The number of hydrogen-bond acceptors (Lipinski definition) is 1. The van der Waals surface area contributed by atoms with Gasteiger partial charge in [-0.15, -0.1) is 0 Å². The van der Waals surface area contributed by atoms with Crippen molar-refractivity contribution in [3.05, 3.63) is 163 Å². The van der Waals surface area contributed by atoms with Crippen molar-refractivity contribution in [2.24, 2.45) is 0 Å². The van der Waals surface area contributed by atoms with Gasteiger partial charge in [0.05, 0.1) is 0 Å². The third-order valence-electron chi connectivity index (χ3n) is 7.04. The first kappa shape index (κ1) is 21.7. The van der Waals surface area contributed by atoms with Crippen molar-refractivity contribution in [2.75, 3.05) is 0 Å². The third kappa shape index (κ3) is 3.24. The molecule has 35 heavy (non-hydrogen) atoms. The average Bonchev–Trinajstić information content (AvgIpc) is 3.27. The van der Waals surface area contributed by atoms with Gasteiger partial charge in [0.25, 0.3) is 0 Å². The number of benzene rings is 5. The van der Waals surface area contributed by atoms with Gasteiger partial charge in [-0.2, -0.15) is 0 Å². The summed E-state index contributed by atoms with van der Waals surface area (Å²) < 4.78 is 7.63. The summed E-state index contributed by atoms with van der Waals surface area (Å²) >= 11 is 0. The third-order valence-corrected chi connectivity index (χ3v) is 12.9. The van der Waals surface area contributed by atoms with Crippen LogP contribution in [0.2, 0.25) is 0 Å². The van der Waals surface area contributed by atoms with E-state index in [2.05, 4.69) is 152 Å². The van der Waals surface area contributed by atoms with Gasteiger partial charge in [-0.25, -0.2) is 0 Å². The van der Waals surface area contributed by atoms with Gasteiger partial charge in [-0.3, -0.25) is 0 Å². The zero-order chi connectivity index (χ0) is 23.6. The Morgan fingerprint density at radius 3 is 1.43 bits per heavy atom. The van der Waals surface area contributed by atoms with E-state index in [4.69, 9.17) is 4.52 Å². The summed E-state index contributed by atoms with van der Waals surface area (Å²) in [5.41, 5.74) is 2.40. The Balaban J connectivity index is 1.71. The van der Waals surface area contributed by atoms with E-state index in [1.807, 2.05) is 6.07 Å². The molecule has 1 aliphatic rings. The summed E-state index contributed by atoms with van der Waals surface area (Å²) in [6.45, 7) is -3.51. The molecule has 0 aromatic heterocycles. The van der Waals surface area contributed by atoms with Crippen molar-refractivity contribution in [3.63, 3.8) is 0 Å². The molecule has 1 atom stereocenters. The molecule has 1 unspecified atom stereocenters. The monoisotopic (exact) mass is 470 g/mol. The van der Waals surface area contributed by atoms with Gasteiger partial charge in [0.2, 0.25) is 0 Å². The minimum atomic E-state index is -3.51. The number of hydrogen-bond donors (Lipinski definition) is 0. The normalized spacial score (nSPS) is 19.0. The Bertz CT molecular complexity index is 1360. The van der Waals surface area contributed by atoms with Crippen LogP contribution in [-0.2, 0) is 4.52 Å². The maximum absolute atomic E-state index is 7.63. The molecule has 6 rings (SSSR count). The van der Waals surface area contributed by atoms with E-state index in [1.165, 1.54) is 32.3 Å². The molecule has 5 aromatic carbocycles. The second-order valence-corrected chi connectivity index (χ2v) is 13.2. The fourth-order valence-corrected chi connectivity index (χ4v) is 11.7. The Hall–Kier alpha value is -3.77. The Morgan fingerprint density at radius 1 is 0.486 bits per heavy atom. The van der Waals surface area contributed by atoms with E-state index < -0.39 is 6.83 Å². The molecule has 1 nitrogen and oxygen atoms in total. The van der Waals surface area contributed by atoms with Crippen LogP contribution in [0, 0.1) is 0 Å². The Kier molecular flexibility index (Phi) is 5.46. The van der Waals surface area contributed by atoms with Crippen molar-refractivity contribution in [3.8, 4) is 0 Å². The van der Waals surface area contributed by atoms with Crippen molar-refractivity contribution in [1.29, 1.82) is 0 Å². The van der Waals surface area contributed by atoms with E-state index in [9.17, 15) is 0 Å². The van der Waals surface area contributed by atoms with Crippen LogP contribution in [0.4, 0.5) is 0 Å². The fraction of sp³-hybridized carbons (Fsp3) is 0.0303. The molecule has 170 valence electrons. The minimum absolute atomic E-state index is 0.176. The van der Waals surface area contributed by atoms with Crippen molar-refractivity contribution < 1.29 is 4.52 Å². The predicted molar refractivity (Wildman–Crippen MR) is 151 cm³/mol. The zero-order valence-corrected chi connectivity index (χ0v) is 20.3. The second-order valence-electron chi connectivity index (χ2n) is 8.90. The summed E-state index contributed by atoms with van der Waals surface area (Å²) in [5.74, 6) is 0. The van der Waals surface area contributed by atoms with E-state index in [1.54, 1.807) is 0 Å². The van der Waals surface area contributed by atoms with Gasteiger partial charge in [-0.05, 0) is 0 Å². The van der Waals surface area contributed by atoms with Crippen LogP contribution in [-0.4, -0.2) is 0 Å². The van der Waals surface area contributed by atoms with E-state index in [0.717, 1.165) is 0 Å². The van der Waals surface area contributed by atoms with Crippen molar-refractivity contribution in [1.82, 2.24) is 0 Å². The van der Waals surface area contributed by atoms with E-state index in [0.29, 0.717) is 0 Å². The summed E-state index contributed by atoms with van der Waals surface area (Å²) in [6, 6.07) is 51.8. The summed E-state index contributed by atoms with van der Waals surface area (Å²) in [7, 11) is 0. The standard InChI is InChI=1S/C33H27OP/c1-5-15-27(16-6-1)25-26-32-31-23-13-14-24-33(31)35(34-32,28-17-7-2-8-18-28,29-19-9-3-10-20-29)30-21-11-4-12-22-30/h1-26,32H/b26-25+. The first-order valence-corrected chi connectivity index (χ1v) is 14.2. The molecule has 0 spiro atoms. The van der Waals surface area contributed by atoms with Crippen LogP contribution in [0.1, 0.15) is 17.2 Å². The summed E-state index contributed by atoms with van der Waals surface area (Å²) in [5, 5.41) is 4.95. The fourth-order valence-electron chi connectivity index (χ4n) is 5.54. The molecule has 2 heteroatoms. The number of fused-ring (bicyclic) bond motifs is 1. The zero-order valence-electron chi connectivity index (χ0n) is 19.4. The van der Waals surface area contributed by atoms with Crippen LogP contribution >= 0.6 is 6.83 Å². The van der Waals surface area contributed by atoms with Gasteiger partial charge in [-0.1, -0.05) is 0 Å². The quantitative estimate of drug-likeness (QED) is 0.265. The van der Waals surface area contributed by atoms with Crippen LogP contribution in [0.15, 0.2) is 152 Å². The predicted octanol–water partition coefficient (Wildman–Crippen LogP) is 6.54. The molecule has 0 saturated carbocycles. The summed E-state index contributed by atoms with van der Waals surface area (Å²) in [6.07, 6.45) is 4.22. The van der Waals surface area contributed by atoms with Gasteiger partial charge < -0.3 is 0 Å². The van der Waals surface area contributed by atoms with Crippen LogP contribution in [0.5, 0.6) is 0 Å². The van der Waals surface area contributed by atoms with Crippen molar-refractivity contribution in [2.45, 2.75) is 6.10 Å². The molecule has 0 fully saturated rings. The molecule has 0 bridgehead atoms. The molecule has 0 aliphatic carbocycles. The summed E-state index contributed by atoms with van der Waals surface area (Å²) in [4.78, 5) is 0. The molecule has 0 saturated heterocycles. The first-order valence-electron chi connectivity index (χ1n) is 12.0. The molecule has 5 aromatic rings. The van der Waals surface area contributed by atoms with Crippen LogP contribution in [0.3, 0.4) is 0 Å². The average molecular weight is 471 g/mol. The van der Waals surface area contributed by atoms with Gasteiger partial charge >= 0.3 is 208 Å². The van der Waals surface area contributed by atoms with Gasteiger partial charge in [0, 0.05) is 0 Å². The van der Waals surface area contributed by atoms with E-state index >= 15 is 0 Å². The molecular weight excluding hydrogens is 443 g/mol. The van der Waals surface area contributed by atoms with Crippen LogP contribution in [0.25, 0.3) is 6.08 Å². The number of rotatable bonds is 5. The first-order chi connectivity index (χ1) is 17.3. The molecule has 1 heterocycles. The van der Waals surface area contributed by atoms with Crippen molar-refractivity contribution >= 4 is 34.1 Å². The van der Waals surface area contributed by atoms with E-state index in [-0.39, 0.29) is 6.10 Å². The SMILES string of the molecule is C(=C\C1OP(c2ccccc2)(c2ccccc2)(c2ccccc2)c2ccccc21)/c1ccccc1. The Labute approximate surface area is 207 Å². The molecule has 0 radical (unpaired) electrons. The molecular formula is C33H27OP. The molecule has 0 amide bonds. The molecule has 0 N–H and O–H groups in total. The maximum atomic E-state index is 7.63. The molecule has 1 aliphatic heterocycles. The van der Waals surface area contributed by atoms with Gasteiger partial charge in [0.1, 0.15) is 0 Å². The second kappa shape index (κ2) is 8.78.